The highest BCUT2D eigenvalue weighted by molar-refractivity contribution is 5.81. The highest BCUT2D eigenvalue weighted by atomic mass is 16.5. The minimum atomic E-state index is 0.0661. The summed E-state index contributed by atoms with van der Waals surface area (Å²) in [6, 6.07) is 1.75. The summed E-state index contributed by atoms with van der Waals surface area (Å²) in [5.74, 6) is 1.20. The third-order valence-corrected chi connectivity index (χ3v) is 3.46. The van der Waals surface area contributed by atoms with Gasteiger partial charge in [0, 0.05) is 24.7 Å². The lowest BCUT2D eigenvalue weighted by molar-refractivity contribution is -0.135. The van der Waals surface area contributed by atoms with Crippen LogP contribution in [0.15, 0.2) is 18.6 Å². The molecule has 2 fully saturated rings. The zero-order valence-electron chi connectivity index (χ0n) is 10.3. The van der Waals surface area contributed by atoms with Crippen molar-refractivity contribution in [1.82, 2.24) is 14.9 Å². The molecule has 5 heteroatoms. The molecule has 1 atom stereocenters. The summed E-state index contributed by atoms with van der Waals surface area (Å²) in [5, 5.41) is 0. The number of carbonyl (C=O) groups is 1. The molecule has 1 unspecified atom stereocenters. The van der Waals surface area contributed by atoms with E-state index in [-0.39, 0.29) is 6.10 Å². The number of hydrogen-bond donors (Lipinski definition) is 0. The first-order valence-corrected chi connectivity index (χ1v) is 6.54. The van der Waals surface area contributed by atoms with Crippen LogP contribution in [0.5, 0.6) is 5.88 Å². The predicted octanol–water partition coefficient (Wildman–Crippen LogP) is 1.26. The first-order chi connectivity index (χ1) is 8.83. The van der Waals surface area contributed by atoms with Crippen molar-refractivity contribution in [3.05, 3.63) is 18.6 Å². The largest absolute Gasteiger partial charge is 0.472 e. The molecule has 96 valence electrons. The van der Waals surface area contributed by atoms with Crippen LogP contribution in [0.25, 0.3) is 0 Å². The van der Waals surface area contributed by atoms with Gasteiger partial charge in [-0.25, -0.2) is 9.97 Å². The van der Waals surface area contributed by atoms with E-state index in [4.69, 9.17) is 4.74 Å². The van der Waals surface area contributed by atoms with Crippen molar-refractivity contribution in [1.29, 1.82) is 0 Å². The Labute approximate surface area is 106 Å². The van der Waals surface area contributed by atoms with E-state index in [1.165, 1.54) is 6.33 Å². The third-order valence-electron chi connectivity index (χ3n) is 3.46. The number of amides is 1. The van der Waals surface area contributed by atoms with Gasteiger partial charge in [0.05, 0.1) is 6.54 Å². The van der Waals surface area contributed by atoms with E-state index in [0.717, 1.165) is 32.2 Å². The lowest BCUT2D eigenvalue weighted by atomic mass is 10.1. The van der Waals surface area contributed by atoms with Gasteiger partial charge in [0.2, 0.25) is 11.8 Å². The monoisotopic (exact) mass is 247 g/mol. The number of aromatic nitrogens is 2. The van der Waals surface area contributed by atoms with Gasteiger partial charge in [0.1, 0.15) is 12.4 Å². The third kappa shape index (κ3) is 2.60. The molecule has 1 aromatic heterocycles. The van der Waals surface area contributed by atoms with Crippen LogP contribution in [-0.2, 0) is 4.79 Å². The van der Waals surface area contributed by atoms with Crippen LogP contribution in [0.2, 0.25) is 0 Å². The molecule has 2 heterocycles. The molecular weight excluding hydrogens is 230 g/mol. The number of hydrogen-bond acceptors (Lipinski definition) is 4. The van der Waals surface area contributed by atoms with E-state index < -0.39 is 0 Å². The second-order valence-corrected chi connectivity index (χ2v) is 4.99. The lowest BCUT2D eigenvalue weighted by Gasteiger charge is -2.32. The van der Waals surface area contributed by atoms with E-state index in [1.54, 1.807) is 12.3 Å². The SMILES string of the molecule is O=C(C1CC1)N1CCCC(Oc2ccncn2)C1. The average molecular weight is 247 g/mol. The maximum absolute atomic E-state index is 12.0. The number of rotatable bonds is 3. The summed E-state index contributed by atoms with van der Waals surface area (Å²) < 4.78 is 5.79. The van der Waals surface area contributed by atoms with Crippen LogP contribution in [0, 0.1) is 5.92 Å². The number of ether oxygens (including phenoxy) is 1. The van der Waals surface area contributed by atoms with Gasteiger partial charge in [-0.15, -0.1) is 0 Å². The van der Waals surface area contributed by atoms with E-state index in [1.807, 2.05) is 4.90 Å². The van der Waals surface area contributed by atoms with Gasteiger partial charge in [-0.1, -0.05) is 0 Å². The molecule has 18 heavy (non-hydrogen) atoms. The molecule has 5 nitrogen and oxygen atoms in total. The maximum atomic E-state index is 12.0. The van der Waals surface area contributed by atoms with Crippen molar-refractivity contribution >= 4 is 5.91 Å². The summed E-state index contributed by atoms with van der Waals surface area (Å²) >= 11 is 0. The zero-order valence-corrected chi connectivity index (χ0v) is 10.3. The molecule has 0 spiro atoms. The van der Waals surface area contributed by atoms with Gasteiger partial charge >= 0.3 is 0 Å². The molecule has 2 aliphatic rings. The fourth-order valence-electron chi connectivity index (χ4n) is 2.34. The molecule has 1 aromatic rings. The van der Waals surface area contributed by atoms with Crippen LogP contribution >= 0.6 is 0 Å². The quantitative estimate of drug-likeness (QED) is 0.806. The Hall–Kier alpha value is -1.65. The van der Waals surface area contributed by atoms with Crippen LogP contribution in [0.4, 0.5) is 0 Å². The van der Waals surface area contributed by atoms with Crippen LogP contribution in [0.1, 0.15) is 25.7 Å². The standard InChI is InChI=1S/C13H17N3O2/c17-13(10-3-4-10)16-7-1-2-11(8-16)18-12-5-6-14-9-15-12/h5-6,9-11H,1-4,7-8H2. The topological polar surface area (TPSA) is 55.3 Å². The van der Waals surface area contributed by atoms with Gasteiger partial charge in [0.25, 0.3) is 0 Å². The van der Waals surface area contributed by atoms with E-state index in [0.29, 0.717) is 24.2 Å². The van der Waals surface area contributed by atoms with Gasteiger partial charge in [-0.2, -0.15) is 0 Å². The summed E-state index contributed by atoms with van der Waals surface area (Å²) in [5.41, 5.74) is 0. The minimum absolute atomic E-state index is 0.0661. The van der Waals surface area contributed by atoms with E-state index >= 15 is 0 Å². The Balaban J connectivity index is 1.58. The highest BCUT2D eigenvalue weighted by Crippen LogP contribution is 2.32. The van der Waals surface area contributed by atoms with Crippen LogP contribution in [0.3, 0.4) is 0 Å². The Morgan fingerprint density at radius 3 is 3.00 bits per heavy atom. The molecule has 3 rings (SSSR count). The fourth-order valence-corrected chi connectivity index (χ4v) is 2.34. The highest BCUT2D eigenvalue weighted by Gasteiger charge is 2.35. The predicted molar refractivity (Wildman–Crippen MR) is 65.0 cm³/mol. The van der Waals surface area contributed by atoms with Crippen molar-refractivity contribution in [2.75, 3.05) is 13.1 Å². The molecule has 0 bridgehead atoms. The number of carbonyl (C=O) groups excluding carboxylic acids is 1. The summed E-state index contributed by atoms with van der Waals surface area (Å²) in [6.45, 7) is 1.57. The van der Waals surface area contributed by atoms with Crippen molar-refractivity contribution in [2.24, 2.45) is 5.92 Å². The molecule has 0 aromatic carbocycles. The Morgan fingerprint density at radius 2 is 2.28 bits per heavy atom. The summed E-state index contributed by atoms with van der Waals surface area (Å²) in [4.78, 5) is 21.9. The zero-order chi connectivity index (χ0) is 12.4. The second kappa shape index (κ2) is 4.92. The molecule has 1 aliphatic heterocycles. The summed E-state index contributed by atoms with van der Waals surface area (Å²) in [7, 11) is 0. The molecule has 0 radical (unpaired) electrons. The molecule has 1 amide bonds. The lowest BCUT2D eigenvalue weighted by Crippen LogP contribution is -2.45. The van der Waals surface area contributed by atoms with E-state index in [9.17, 15) is 4.79 Å². The van der Waals surface area contributed by atoms with Crippen molar-refractivity contribution in [3.8, 4) is 5.88 Å². The Bertz CT molecular complexity index is 420. The second-order valence-electron chi connectivity index (χ2n) is 4.99. The van der Waals surface area contributed by atoms with E-state index in [2.05, 4.69) is 9.97 Å². The smallest absolute Gasteiger partial charge is 0.225 e. The number of nitrogens with zero attached hydrogens (tertiary/aromatic N) is 3. The van der Waals surface area contributed by atoms with Crippen LogP contribution < -0.4 is 4.74 Å². The maximum Gasteiger partial charge on any atom is 0.225 e. The van der Waals surface area contributed by atoms with Gasteiger partial charge in [-0.3, -0.25) is 4.79 Å². The molecule has 0 N–H and O–H groups in total. The number of piperidine rings is 1. The Kier molecular flexibility index (Phi) is 3.13. The number of likely N-dealkylation sites (tertiary alicyclic amines) is 1. The molecule has 1 saturated heterocycles. The first kappa shape index (κ1) is 11.4. The normalized spacial score (nSPS) is 23.8. The van der Waals surface area contributed by atoms with Crippen molar-refractivity contribution < 1.29 is 9.53 Å². The minimum Gasteiger partial charge on any atom is -0.472 e. The van der Waals surface area contributed by atoms with Crippen LogP contribution in [-0.4, -0.2) is 40.0 Å². The van der Waals surface area contributed by atoms with Crippen molar-refractivity contribution in [2.45, 2.75) is 31.8 Å². The summed E-state index contributed by atoms with van der Waals surface area (Å²) in [6.07, 6.45) is 7.33. The fraction of sp³-hybridized carbons (Fsp3) is 0.615. The van der Waals surface area contributed by atoms with Gasteiger partial charge in [0.15, 0.2) is 0 Å². The Morgan fingerprint density at radius 1 is 1.39 bits per heavy atom. The van der Waals surface area contributed by atoms with Gasteiger partial charge < -0.3 is 9.64 Å². The molecular formula is C13H17N3O2. The first-order valence-electron chi connectivity index (χ1n) is 6.54. The van der Waals surface area contributed by atoms with Gasteiger partial charge in [-0.05, 0) is 25.7 Å². The van der Waals surface area contributed by atoms with Crippen molar-refractivity contribution in [3.63, 3.8) is 0 Å². The molecule has 1 saturated carbocycles. The average Bonchev–Trinajstić information content (AvgIpc) is 3.24. The molecule has 1 aliphatic carbocycles.